The number of alkyl halides is 2. The van der Waals surface area contributed by atoms with Gasteiger partial charge in [0, 0.05) is 23.7 Å². The molecule has 0 aromatic heterocycles. The number of esters is 1. The number of hydrogen-bond acceptors (Lipinski definition) is 4. The second-order valence-electron chi connectivity index (χ2n) is 4.87. The van der Waals surface area contributed by atoms with Crippen LogP contribution in [0.4, 0.5) is 8.78 Å². The lowest BCUT2D eigenvalue weighted by atomic mass is 10.1. The molecule has 1 aromatic carbocycles. The van der Waals surface area contributed by atoms with Gasteiger partial charge in [-0.05, 0) is 31.2 Å². The summed E-state index contributed by atoms with van der Waals surface area (Å²) in [7, 11) is 1.36. The Labute approximate surface area is 126 Å². The van der Waals surface area contributed by atoms with Crippen LogP contribution in [-0.2, 0) is 16.1 Å². The SMILES string of the molecule is COC(=O)C1CCN(Cc2cc(Cl)ccc2OC(F)F)C1. The van der Waals surface area contributed by atoms with E-state index in [1.807, 2.05) is 4.90 Å². The van der Waals surface area contributed by atoms with Gasteiger partial charge in [-0.3, -0.25) is 9.69 Å². The van der Waals surface area contributed by atoms with E-state index >= 15 is 0 Å². The molecule has 0 radical (unpaired) electrons. The molecule has 1 aromatic rings. The van der Waals surface area contributed by atoms with Gasteiger partial charge in [0.1, 0.15) is 5.75 Å². The minimum Gasteiger partial charge on any atom is -0.469 e. The fourth-order valence-corrected chi connectivity index (χ4v) is 2.65. The van der Waals surface area contributed by atoms with Gasteiger partial charge in [-0.1, -0.05) is 11.6 Å². The van der Waals surface area contributed by atoms with Gasteiger partial charge in [0.05, 0.1) is 13.0 Å². The average Bonchev–Trinajstić information content (AvgIpc) is 2.89. The van der Waals surface area contributed by atoms with Gasteiger partial charge in [-0.2, -0.15) is 8.78 Å². The van der Waals surface area contributed by atoms with E-state index in [1.165, 1.54) is 19.2 Å². The minimum absolute atomic E-state index is 0.107. The van der Waals surface area contributed by atoms with Gasteiger partial charge in [0.15, 0.2) is 0 Å². The Hall–Kier alpha value is -1.40. The Morgan fingerprint density at radius 2 is 2.29 bits per heavy atom. The van der Waals surface area contributed by atoms with Gasteiger partial charge in [-0.15, -0.1) is 0 Å². The van der Waals surface area contributed by atoms with Crippen LogP contribution < -0.4 is 4.74 Å². The average molecular weight is 320 g/mol. The lowest BCUT2D eigenvalue weighted by molar-refractivity contribution is -0.144. The first-order chi connectivity index (χ1) is 9.99. The number of likely N-dealkylation sites (tertiary alicyclic amines) is 1. The van der Waals surface area contributed by atoms with Gasteiger partial charge >= 0.3 is 12.6 Å². The third kappa shape index (κ3) is 4.28. The molecule has 1 saturated heterocycles. The van der Waals surface area contributed by atoms with Crippen molar-refractivity contribution < 1.29 is 23.0 Å². The molecule has 21 heavy (non-hydrogen) atoms. The van der Waals surface area contributed by atoms with E-state index in [0.29, 0.717) is 36.6 Å². The first-order valence-corrected chi connectivity index (χ1v) is 6.91. The van der Waals surface area contributed by atoms with E-state index in [1.54, 1.807) is 6.07 Å². The standard InChI is InChI=1S/C14H16ClF2NO3/c1-20-13(19)9-4-5-18(7-9)8-10-6-11(15)2-3-12(10)21-14(16)17/h2-3,6,9,14H,4-5,7-8H2,1H3. The summed E-state index contributed by atoms with van der Waals surface area (Å²) >= 11 is 5.90. The summed E-state index contributed by atoms with van der Waals surface area (Å²) in [5.41, 5.74) is 0.577. The lowest BCUT2D eigenvalue weighted by Gasteiger charge is -2.18. The maximum absolute atomic E-state index is 12.4. The summed E-state index contributed by atoms with van der Waals surface area (Å²) in [6.07, 6.45) is 0.693. The molecule has 0 aliphatic carbocycles. The Morgan fingerprint density at radius 1 is 1.52 bits per heavy atom. The van der Waals surface area contributed by atoms with Crippen molar-refractivity contribution in [2.75, 3.05) is 20.2 Å². The van der Waals surface area contributed by atoms with Crippen LogP contribution in [0.2, 0.25) is 5.02 Å². The zero-order valence-electron chi connectivity index (χ0n) is 11.5. The Kier molecular flexibility index (Phi) is 5.36. The zero-order valence-corrected chi connectivity index (χ0v) is 12.3. The highest BCUT2D eigenvalue weighted by atomic mass is 35.5. The molecular formula is C14H16ClF2NO3. The molecule has 1 heterocycles. The molecule has 1 aliphatic rings. The molecule has 1 atom stereocenters. The largest absolute Gasteiger partial charge is 0.469 e. The normalized spacial score (nSPS) is 19.0. The van der Waals surface area contributed by atoms with Crippen molar-refractivity contribution in [3.63, 3.8) is 0 Å². The molecule has 1 fully saturated rings. The van der Waals surface area contributed by atoms with E-state index in [2.05, 4.69) is 4.74 Å². The van der Waals surface area contributed by atoms with Crippen LogP contribution in [-0.4, -0.2) is 37.7 Å². The minimum atomic E-state index is -2.88. The maximum Gasteiger partial charge on any atom is 0.387 e. The van der Waals surface area contributed by atoms with Gasteiger partial charge in [0.2, 0.25) is 0 Å². The molecule has 7 heteroatoms. The number of ether oxygens (including phenoxy) is 2. The van der Waals surface area contributed by atoms with Crippen molar-refractivity contribution >= 4 is 17.6 Å². The Bertz CT molecular complexity index is 513. The number of methoxy groups -OCH3 is 1. The molecule has 1 unspecified atom stereocenters. The van der Waals surface area contributed by atoms with Crippen molar-refractivity contribution in [2.24, 2.45) is 5.92 Å². The van der Waals surface area contributed by atoms with Gasteiger partial charge in [-0.25, -0.2) is 0 Å². The van der Waals surface area contributed by atoms with Crippen LogP contribution in [0.15, 0.2) is 18.2 Å². The molecule has 4 nitrogen and oxygen atoms in total. The maximum atomic E-state index is 12.4. The van der Waals surface area contributed by atoms with Gasteiger partial charge in [0.25, 0.3) is 0 Å². The second-order valence-corrected chi connectivity index (χ2v) is 5.31. The zero-order chi connectivity index (χ0) is 15.4. The summed E-state index contributed by atoms with van der Waals surface area (Å²) in [6.45, 7) is -1.25. The predicted octanol–water partition coefficient (Wildman–Crippen LogP) is 2.94. The van der Waals surface area contributed by atoms with Crippen molar-refractivity contribution in [3.05, 3.63) is 28.8 Å². The first kappa shape index (κ1) is 16.0. The fourth-order valence-electron chi connectivity index (χ4n) is 2.46. The molecule has 0 N–H and O–H groups in total. The summed E-state index contributed by atoms with van der Waals surface area (Å²) in [6, 6.07) is 4.53. The molecule has 0 bridgehead atoms. The molecule has 2 rings (SSSR count). The monoisotopic (exact) mass is 319 g/mol. The van der Waals surface area contributed by atoms with Crippen molar-refractivity contribution in [3.8, 4) is 5.75 Å². The highest BCUT2D eigenvalue weighted by Crippen LogP contribution is 2.28. The number of hydrogen-bond donors (Lipinski definition) is 0. The summed E-state index contributed by atoms with van der Waals surface area (Å²) in [5.74, 6) is -0.308. The number of carbonyl (C=O) groups excluding carboxylic acids is 1. The van der Waals surface area contributed by atoms with Crippen molar-refractivity contribution in [1.29, 1.82) is 0 Å². The number of benzene rings is 1. The highest BCUT2D eigenvalue weighted by molar-refractivity contribution is 6.30. The summed E-state index contributed by atoms with van der Waals surface area (Å²) < 4.78 is 34.0. The molecule has 0 amide bonds. The van der Waals surface area contributed by atoms with E-state index < -0.39 is 6.61 Å². The van der Waals surface area contributed by atoms with Crippen molar-refractivity contribution in [1.82, 2.24) is 4.90 Å². The Balaban J connectivity index is 2.06. The first-order valence-electron chi connectivity index (χ1n) is 6.53. The smallest absolute Gasteiger partial charge is 0.387 e. The number of halogens is 3. The topological polar surface area (TPSA) is 38.8 Å². The third-order valence-corrected chi connectivity index (χ3v) is 3.67. The summed E-state index contributed by atoms with van der Waals surface area (Å²) in [4.78, 5) is 13.5. The van der Waals surface area contributed by atoms with Crippen LogP contribution in [0.5, 0.6) is 5.75 Å². The summed E-state index contributed by atoms with van der Waals surface area (Å²) in [5, 5.41) is 0.454. The molecule has 0 spiro atoms. The van der Waals surface area contributed by atoms with E-state index in [9.17, 15) is 13.6 Å². The van der Waals surface area contributed by atoms with Crippen molar-refractivity contribution in [2.45, 2.75) is 19.6 Å². The van der Waals surface area contributed by atoms with Gasteiger partial charge < -0.3 is 9.47 Å². The van der Waals surface area contributed by atoms with E-state index in [4.69, 9.17) is 16.3 Å². The number of carbonyl (C=O) groups is 1. The van der Waals surface area contributed by atoms with Crippen LogP contribution >= 0.6 is 11.6 Å². The van der Waals surface area contributed by atoms with E-state index in [-0.39, 0.29) is 17.6 Å². The molecular weight excluding hydrogens is 304 g/mol. The van der Waals surface area contributed by atoms with E-state index in [0.717, 1.165) is 0 Å². The quantitative estimate of drug-likeness (QED) is 0.782. The number of nitrogens with zero attached hydrogens (tertiary/aromatic N) is 1. The predicted molar refractivity (Wildman–Crippen MR) is 73.5 cm³/mol. The Morgan fingerprint density at radius 3 is 2.95 bits per heavy atom. The third-order valence-electron chi connectivity index (χ3n) is 3.44. The van der Waals surface area contributed by atoms with Crippen LogP contribution in [0.3, 0.4) is 0 Å². The van der Waals surface area contributed by atoms with Crippen LogP contribution in [0.25, 0.3) is 0 Å². The molecule has 0 saturated carbocycles. The van der Waals surface area contributed by atoms with Crippen LogP contribution in [0, 0.1) is 5.92 Å². The lowest BCUT2D eigenvalue weighted by Crippen LogP contribution is -2.24. The van der Waals surface area contributed by atoms with Crippen LogP contribution in [0.1, 0.15) is 12.0 Å². The highest BCUT2D eigenvalue weighted by Gasteiger charge is 2.29. The second kappa shape index (κ2) is 7.04. The molecule has 1 aliphatic heterocycles. The molecule has 116 valence electrons. The number of rotatable bonds is 5. The fraction of sp³-hybridized carbons (Fsp3) is 0.500.